The Balaban J connectivity index is 1.49. The Morgan fingerprint density at radius 3 is 2.50 bits per heavy atom. The number of fused-ring (bicyclic) bond motifs is 1. The number of halogens is 1. The van der Waals surface area contributed by atoms with Gasteiger partial charge in [-0.15, -0.1) is 0 Å². The standard InChI is InChI=1S/C20H17FN2O5/c1-11-15-8-13(4-7-16(15)23-19(11)26)17(24)10-28-18(25)9-22-20(27)12-2-5-14(21)6-3-12/h2-8,11H,9-10H2,1H3,(H,22,27)(H,23,26)/t11-/m0/s1. The van der Waals surface area contributed by atoms with E-state index in [1.807, 2.05) is 0 Å². The molecule has 1 atom stereocenters. The van der Waals surface area contributed by atoms with E-state index in [-0.39, 0.29) is 17.4 Å². The van der Waals surface area contributed by atoms with Crippen molar-refractivity contribution < 1.29 is 28.3 Å². The molecule has 0 unspecified atom stereocenters. The van der Waals surface area contributed by atoms with Crippen LogP contribution in [0.3, 0.4) is 0 Å². The van der Waals surface area contributed by atoms with Gasteiger partial charge in [0, 0.05) is 16.8 Å². The van der Waals surface area contributed by atoms with Crippen molar-refractivity contribution in [2.24, 2.45) is 0 Å². The second-order valence-corrected chi connectivity index (χ2v) is 6.29. The maximum Gasteiger partial charge on any atom is 0.325 e. The van der Waals surface area contributed by atoms with E-state index < -0.39 is 36.6 Å². The number of ether oxygens (including phenoxy) is 1. The van der Waals surface area contributed by atoms with Crippen LogP contribution in [-0.2, 0) is 14.3 Å². The van der Waals surface area contributed by atoms with Crippen molar-refractivity contribution >= 4 is 29.3 Å². The number of carbonyl (C=O) groups is 4. The minimum absolute atomic E-state index is 0.136. The maximum absolute atomic E-state index is 12.8. The van der Waals surface area contributed by atoms with Gasteiger partial charge in [-0.1, -0.05) is 0 Å². The molecule has 0 radical (unpaired) electrons. The summed E-state index contributed by atoms with van der Waals surface area (Å²) in [6.07, 6.45) is 0. The molecule has 2 aromatic carbocycles. The smallest absolute Gasteiger partial charge is 0.325 e. The number of hydrogen-bond acceptors (Lipinski definition) is 5. The number of hydrogen-bond donors (Lipinski definition) is 2. The largest absolute Gasteiger partial charge is 0.456 e. The fourth-order valence-corrected chi connectivity index (χ4v) is 2.73. The number of nitrogens with one attached hydrogen (secondary N) is 2. The van der Waals surface area contributed by atoms with Crippen LogP contribution in [0.1, 0.15) is 39.1 Å². The summed E-state index contributed by atoms with van der Waals surface area (Å²) in [4.78, 5) is 47.5. The number of esters is 1. The summed E-state index contributed by atoms with van der Waals surface area (Å²) in [5.41, 5.74) is 1.90. The molecule has 7 nitrogen and oxygen atoms in total. The second-order valence-electron chi connectivity index (χ2n) is 6.29. The topological polar surface area (TPSA) is 102 Å². The van der Waals surface area contributed by atoms with Crippen molar-refractivity contribution in [3.8, 4) is 0 Å². The van der Waals surface area contributed by atoms with Gasteiger partial charge in [-0.3, -0.25) is 19.2 Å². The van der Waals surface area contributed by atoms with E-state index in [1.165, 1.54) is 12.1 Å². The molecule has 1 aliphatic heterocycles. The number of carbonyl (C=O) groups excluding carboxylic acids is 4. The van der Waals surface area contributed by atoms with Gasteiger partial charge in [0.2, 0.25) is 5.91 Å². The molecule has 0 spiro atoms. The molecule has 0 saturated heterocycles. The van der Waals surface area contributed by atoms with E-state index in [9.17, 15) is 23.6 Å². The summed E-state index contributed by atoms with van der Waals surface area (Å²) in [7, 11) is 0. The van der Waals surface area contributed by atoms with E-state index in [1.54, 1.807) is 25.1 Å². The number of rotatable bonds is 6. The van der Waals surface area contributed by atoms with Gasteiger partial charge in [0.15, 0.2) is 12.4 Å². The van der Waals surface area contributed by atoms with Gasteiger partial charge in [0.05, 0.1) is 5.92 Å². The molecule has 1 heterocycles. The molecular weight excluding hydrogens is 367 g/mol. The maximum atomic E-state index is 12.8. The van der Waals surface area contributed by atoms with Crippen LogP contribution < -0.4 is 10.6 Å². The highest BCUT2D eigenvalue weighted by Crippen LogP contribution is 2.32. The van der Waals surface area contributed by atoms with Crippen molar-refractivity contribution in [3.63, 3.8) is 0 Å². The third kappa shape index (κ3) is 4.22. The molecule has 144 valence electrons. The molecule has 0 bridgehead atoms. The first kappa shape index (κ1) is 19.2. The number of anilines is 1. The predicted octanol–water partition coefficient (Wildman–Crippen LogP) is 2.04. The summed E-state index contributed by atoms with van der Waals surface area (Å²) in [5.74, 6) is -2.73. The molecular formula is C20H17FN2O5. The van der Waals surface area contributed by atoms with Crippen molar-refractivity contribution in [1.82, 2.24) is 5.32 Å². The lowest BCUT2D eigenvalue weighted by molar-refractivity contribution is -0.141. The predicted molar refractivity (Wildman–Crippen MR) is 97.5 cm³/mol. The lowest BCUT2D eigenvalue weighted by Crippen LogP contribution is -2.31. The summed E-state index contributed by atoms with van der Waals surface area (Å²) in [6, 6.07) is 9.61. The van der Waals surface area contributed by atoms with Crippen LogP contribution in [0.2, 0.25) is 0 Å². The molecule has 28 heavy (non-hydrogen) atoms. The van der Waals surface area contributed by atoms with E-state index in [4.69, 9.17) is 4.74 Å². The fourth-order valence-electron chi connectivity index (χ4n) is 2.73. The zero-order chi connectivity index (χ0) is 20.3. The summed E-state index contributed by atoms with van der Waals surface area (Å²) >= 11 is 0. The first-order chi connectivity index (χ1) is 13.3. The van der Waals surface area contributed by atoms with Crippen molar-refractivity contribution in [2.45, 2.75) is 12.8 Å². The molecule has 0 aliphatic carbocycles. The van der Waals surface area contributed by atoms with Crippen LogP contribution in [0, 0.1) is 5.82 Å². The third-order valence-corrected chi connectivity index (χ3v) is 4.36. The summed E-state index contributed by atoms with van der Waals surface area (Å²) < 4.78 is 17.7. The van der Waals surface area contributed by atoms with E-state index in [0.717, 1.165) is 12.1 Å². The van der Waals surface area contributed by atoms with Gasteiger partial charge >= 0.3 is 5.97 Å². The molecule has 0 saturated carbocycles. The first-order valence-electron chi connectivity index (χ1n) is 8.52. The number of amides is 2. The van der Waals surface area contributed by atoms with Gasteiger partial charge in [-0.05, 0) is 55.0 Å². The highest BCUT2D eigenvalue weighted by molar-refractivity contribution is 6.05. The van der Waals surface area contributed by atoms with Crippen molar-refractivity contribution in [2.75, 3.05) is 18.5 Å². The van der Waals surface area contributed by atoms with Gasteiger partial charge < -0.3 is 15.4 Å². The van der Waals surface area contributed by atoms with Gasteiger partial charge in [-0.2, -0.15) is 0 Å². The van der Waals surface area contributed by atoms with E-state index >= 15 is 0 Å². The van der Waals surface area contributed by atoms with Crippen LogP contribution in [0.15, 0.2) is 42.5 Å². The number of ketones is 1. The second kappa shape index (κ2) is 7.99. The zero-order valence-corrected chi connectivity index (χ0v) is 15.0. The Labute approximate surface area is 159 Å². The zero-order valence-electron chi connectivity index (χ0n) is 15.0. The number of benzene rings is 2. The van der Waals surface area contributed by atoms with Gasteiger partial charge in [0.25, 0.3) is 5.91 Å². The average molecular weight is 384 g/mol. The van der Waals surface area contributed by atoms with Crippen LogP contribution in [0.4, 0.5) is 10.1 Å². The number of Topliss-reactive ketones (excluding diaryl/α,β-unsaturated/α-hetero) is 1. The fraction of sp³-hybridized carbons (Fsp3) is 0.200. The quantitative estimate of drug-likeness (QED) is 0.586. The first-order valence-corrected chi connectivity index (χ1v) is 8.52. The third-order valence-electron chi connectivity index (χ3n) is 4.36. The SMILES string of the molecule is C[C@@H]1C(=O)Nc2ccc(C(=O)COC(=O)CNC(=O)c3ccc(F)cc3)cc21. The minimum atomic E-state index is -0.782. The lowest BCUT2D eigenvalue weighted by Gasteiger charge is -2.08. The van der Waals surface area contributed by atoms with Gasteiger partial charge in [-0.25, -0.2) is 4.39 Å². The summed E-state index contributed by atoms with van der Waals surface area (Å²) in [6.45, 7) is 0.822. The highest BCUT2D eigenvalue weighted by atomic mass is 19.1. The van der Waals surface area contributed by atoms with Crippen molar-refractivity contribution in [1.29, 1.82) is 0 Å². The minimum Gasteiger partial charge on any atom is -0.456 e. The molecule has 0 fully saturated rings. The molecule has 2 N–H and O–H groups in total. The van der Waals surface area contributed by atoms with E-state index in [0.29, 0.717) is 16.8 Å². The van der Waals surface area contributed by atoms with Crippen LogP contribution in [0.5, 0.6) is 0 Å². The average Bonchev–Trinajstić information content (AvgIpc) is 2.98. The van der Waals surface area contributed by atoms with Crippen LogP contribution in [0.25, 0.3) is 0 Å². The van der Waals surface area contributed by atoms with E-state index in [2.05, 4.69) is 10.6 Å². The molecule has 0 aromatic heterocycles. The highest BCUT2D eigenvalue weighted by Gasteiger charge is 2.27. The Hall–Kier alpha value is -3.55. The molecule has 8 heteroatoms. The van der Waals surface area contributed by atoms with Gasteiger partial charge in [0.1, 0.15) is 12.4 Å². The molecule has 3 rings (SSSR count). The molecule has 2 aromatic rings. The van der Waals surface area contributed by atoms with Crippen LogP contribution >= 0.6 is 0 Å². The monoisotopic (exact) mass is 384 g/mol. The Kier molecular flexibility index (Phi) is 5.49. The Morgan fingerprint density at radius 2 is 1.79 bits per heavy atom. The lowest BCUT2D eigenvalue weighted by atomic mass is 9.99. The van der Waals surface area contributed by atoms with Crippen LogP contribution in [-0.4, -0.2) is 36.7 Å². The Bertz CT molecular complexity index is 956. The molecule has 2 amide bonds. The van der Waals surface area contributed by atoms with Crippen molar-refractivity contribution in [3.05, 3.63) is 65.0 Å². The normalized spacial score (nSPS) is 14.8. The molecule has 1 aliphatic rings. The summed E-state index contributed by atoms with van der Waals surface area (Å²) in [5, 5.41) is 5.04. The Morgan fingerprint density at radius 1 is 1.11 bits per heavy atom.